The van der Waals surface area contributed by atoms with Crippen LogP contribution >= 0.6 is 0 Å². The monoisotopic (exact) mass is 296 g/mol. The maximum atomic E-state index is 10.7. The molecule has 22 heavy (non-hydrogen) atoms. The molecule has 0 saturated carbocycles. The van der Waals surface area contributed by atoms with Gasteiger partial charge in [0.25, 0.3) is 0 Å². The van der Waals surface area contributed by atoms with E-state index in [0.717, 1.165) is 22.3 Å². The van der Waals surface area contributed by atoms with E-state index in [1.165, 1.54) is 0 Å². The van der Waals surface area contributed by atoms with E-state index in [2.05, 4.69) is 10.2 Å². The fraction of sp³-hybridized carbons (Fsp3) is 0.0625. The molecule has 0 amide bonds. The second-order valence-corrected chi connectivity index (χ2v) is 4.66. The fourth-order valence-corrected chi connectivity index (χ4v) is 1.91. The fourth-order valence-electron chi connectivity index (χ4n) is 1.91. The summed E-state index contributed by atoms with van der Waals surface area (Å²) in [5, 5.41) is 16.0. The highest BCUT2D eigenvalue weighted by atomic mass is 16.4. The Morgan fingerprint density at radius 2 is 1.55 bits per heavy atom. The number of carbonyl (C=O) groups is 1. The zero-order valence-corrected chi connectivity index (χ0v) is 11.8. The van der Waals surface area contributed by atoms with Gasteiger partial charge in [0.1, 0.15) is 0 Å². The first-order chi connectivity index (χ1) is 10.5. The molecule has 2 aromatic rings. The Morgan fingerprint density at radius 3 is 2.05 bits per heavy atom. The Morgan fingerprint density at radius 1 is 1.00 bits per heavy atom. The normalized spacial score (nSPS) is 10.5. The largest absolute Gasteiger partial charge is 0.481 e. The second kappa shape index (κ2) is 7.03. The quantitative estimate of drug-likeness (QED) is 0.441. The van der Waals surface area contributed by atoms with Gasteiger partial charge in [-0.1, -0.05) is 48.5 Å². The third-order valence-electron chi connectivity index (χ3n) is 2.93. The molecule has 0 saturated heterocycles. The summed E-state index contributed by atoms with van der Waals surface area (Å²) in [6.07, 6.45) is 1.58. The maximum absolute atomic E-state index is 10.7. The van der Waals surface area contributed by atoms with Crippen LogP contribution in [-0.2, 0) is 11.2 Å². The van der Waals surface area contributed by atoms with E-state index >= 15 is 0 Å². The first-order valence-corrected chi connectivity index (χ1v) is 6.58. The van der Waals surface area contributed by atoms with E-state index < -0.39 is 5.97 Å². The number of nitrogens with zero attached hydrogens (tertiary/aromatic N) is 2. The van der Waals surface area contributed by atoms with Crippen molar-refractivity contribution >= 4 is 18.1 Å². The van der Waals surface area contributed by atoms with Crippen LogP contribution in [0, 0.1) is 0 Å². The van der Waals surface area contributed by atoms with Crippen molar-refractivity contribution in [3.05, 3.63) is 59.7 Å². The van der Waals surface area contributed by atoms with Crippen LogP contribution in [-0.4, -0.2) is 23.2 Å². The highest BCUT2D eigenvalue weighted by molar-refractivity contribution is 5.82. The van der Waals surface area contributed by atoms with Gasteiger partial charge in [-0.2, -0.15) is 5.10 Å². The molecule has 2 rings (SSSR count). The average Bonchev–Trinajstić information content (AvgIpc) is 2.48. The molecule has 0 aliphatic rings. The Bertz CT molecular complexity index is 700. The number of carboxylic acid groups (broad SMARTS) is 1. The summed E-state index contributed by atoms with van der Waals surface area (Å²) in [7, 11) is 0. The van der Waals surface area contributed by atoms with E-state index in [-0.39, 0.29) is 12.4 Å². The number of benzene rings is 2. The van der Waals surface area contributed by atoms with Gasteiger partial charge in [0.2, 0.25) is 5.96 Å². The Labute approximate surface area is 127 Å². The van der Waals surface area contributed by atoms with Crippen LogP contribution in [0.5, 0.6) is 0 Å². The van der Waals surface area contributed by atoms with Crippen LogP contribution in [0.3, 0.4) is 0 Å². The van der Waals surface area contributed by atoms with Gasteiger partial charge in [-0.05, 0) is 22.3 Å². The molecule has 0 bridgehead atoms. The number of nitrogens with two attached hydrogens (primary N) is 2. The molecule has 0 atom stereocenters. The van der Waals surface area contributed by atoms with Crippen LogP contribution in [0.15, 0.2) is 58.7 Å². The van der Waals surface area contributed by atoms with Crippen molar-refractivity contribution < 1.29 is 9.90 Å². The van der Waals surface area contributed by atoms with Crippen molar-refractivity contribution in [1.82, 2.24) is 0 Å². The standard InChI is InChI=1S/C16H16N4O2/c17-16(18)20-19-10-12-3-7-14(8-4-12)13-5-1-11(2-6-13)9-15(21)22/h1-8,10H,9H2,(H,21,22)(H4,17,18,20). The smallest absolute Gasteiger partial charge is 0.307 e. The summed E-state index contributed by atoms with van der Waals surface area (Å²) in [5.41, 5.74) is 14.0. The zero-order valence-electron chi connectivity index (χ0n) is 11.8. The summed E-state index contributed by atoms with van der Waals surface area (Å²) >= 11 is 0. The average molecular weight is 296 g/mol. The van der Waals surface area contributed by atoms with E-state index in [9.17, 15) is 4.79 Å². The van der Waals surface area contributed by atoms with E-state index in [0.29, 0.717) is 0 Å². The van der Waals surface area contributed by atoms with Gasteiger partial charge >= 0.3 is 5.97 Å². The van der Waals surface area contributed by atoms with Gasteiger partial charge in [0.15, 0.2) is 0 Å². The third kappa shape index (κ3) is 4.45. The van der Waals surface area contributed by atoms with E-state index in [1.54, 1.807) is 6.21 Å². The summed E-state index contributed by atoms with van der Waals surface area (Å²) in [4.78, 5) is 10.7. The molecule has 6 nitrogen and oxygen atoms in total. The van der Waals surface area contributed by atoms with Crippen molar-refractivity contribution in [3.63, 3.8) is 0 Å². The zero-order chi connectivity index (χ0) is 15.9. The minimum Gasteiger partial charge on any atom is -0.481 e. The second-order valence-electron chi connectivity index (χ2n) is 4.66. The van der Waals surface area contributed by atoms with Crippen molar-refractivity contribution in [2.45, 2.75) is 6.42 Å². The number of guanidine groups is 1. The van der Waals surface area contributed by atoms with E-state index in [1.807, 2.05) is 48.5 Å². The summed E-state index contributed by atoms with van der Waals surface area (Å²) in [5.74, 6) is -0.925. The summed E-state index contributed by atoms with van der Waals surface area (Å²) < 4.78 is 0. The summed E-state index contributed by atoms with van der Waals surface area (Å²) in [6.45, 7) is 0. The first kappa shape index (κ1) is 15.2. The number of rotatable bonds is 5. The lowest BCUT2D eigenvalue weighted by atomic mass is 10.0. The first-order valence-electron chi connectivity index (χ1n) is 6.58. The minimum absolute atomic E-state index is 0.0282. The lowest BCUT2D eigenvalue weighted by Gasteiger charge is -2.03. The number of carboxylic acids is 1. The van der Waals surface area contributed by atoms with Gasteiger partial charge in [0.05, 0.1) is 12.6 Å². The molecular formula is C16H16N4O2. The molecule has 0 aliphatic heterocycles. The van der Waals surface area contributed by atoms with Crippen molar-refractivity contribution in [2.75, 3.05) is 0 Å². The highest BCUT2D eigenvalue weighted by Crippen LogP contribution is 2.20. The van der Waals surface area contributed by atoms with Crippen LogP contribution in [0.1, 0.15) is 11.1 Å². The van der Waals surface area contributed by atoms with Crippen molar-refractivity contribution in [1.29, 1.82) is 0 Å². The molecule has 0 fully saturated rings. The van der Waals surface area contributed by atoms with Crippen LogP contribution in [0.4, 0.5) is 0 Å². The van der Waals surface area contributed by atoms with Crippen molar-refractivity contribution in [2.24, 2.45) is 21.7 Å². The van der Waals surface area contributed by atoms with Gasteiger partial charge in [-0.3, -0.25) is 4.79 Å². The molecule has 2 aromatic carbocycles. The van der Waals surface area contributed by atoms with Crippen LogP contribution in [0.2, 0.25) is 0 Å². The molecule has 0 heterocycles. The molecule has 0 aromatic heterocycles. The highest BCUT2D eigenvalue weighted by Gasteiger charge is 2.02. The maximum Gasteiger partial charge on any atom is 0.307 e. The molecule has 0 spiro atoms. The van der Waals surface area contributed by atoms with Crippen LogP contribution in [0.25, 0.3) is 11.1 Å². The Kier molecular flexibility index (Phi) is 4.87. The predicted octanol–water partition coefficient (Wildman–Crippen LogP) is 1.59. The SMILES string of the molecule is NC(N)=NN=Cc1ccc(-c2ccc(CC(=O)O)cc2)cc1. The van der Waals surface area contributed by atoms with Crippen molar-refractivity contribution in [3.8, 4) is 11.1 Å². The van der Waals surface area contributed by atoms with Gasteiger partial charge in [-0.25, -0.2) is 0 Å². The van der Waals surface area contributed by atoms with E-state index in [4.69, 9.17) is 16.6 Å². The molecule has 0 unspecified atom stereocenters. The predicted molar refractivity (Wildman–Crippen MR) is 86.6 cm³/mol. The molecule has 112 valence electrons. The molecule has 5 N–H and O–H groups in total. The minimum atomic E-state index is -0.836. The lowest BCUT2D eigenvalue weighted by Crippen LogP contribution is -2.21. The molecular weight excluding hydrogens is 280 g/mol. The van der Waals surface area contributed by atoms with Crippen LogP contribution < -0.4 is 11.5 Å². The Hall–Kier alpha value is -3.15. The summed E-state index contributed by atoms with van der Waals surface area (Å²) in [6, 6.07) is 15.1. The Balaban J connectivity index is 2.11. The number of aliphatic carboxylic acids is 1. The van der Waals surface area contributed by atoms with Gasteiger partial charge < -0.3 is 16.6 Å². The molecule has 0 radical (unpaired) electrons. The number of hydrogen-bond donors (Lipinski definition) is 3. The topological polar surface area (TPSA) is 114 Å². The third-order valence-corrected chi connectivity index (χ3v) is 2.93. The van der Waals surface area contributed by atoms with Gasteiger partial charge in [-0.15, -0.1) is 5.10 Å². The number of hydrogen-bond acceptors (Lipinski definition) is 3. The molecule has 0 aliphatic carbocycles. The molecule has 6 heteroatoms. The van der Waals surface area contributed by atoms with Gasteiger partial charge in [0, 0.05) is 0 Å². The lowest BCUT2D eigenvalue weighted by molar-refractivity contribution is -0.136.